The summed E-state index contributed by atoms with van der Waals surface area (Å²) < 4.78 is 5.56. The number of piperidine rings is 1. The smallest absolute Gasteiger partial charge is 0.262 e. The lowest BCUT2D eigenvalue weighted by Gasteiger charge is -2.35. The van der Waals surface area contributed by atoms with E-state index in [2.05, 4.69) is 20.9 Å². The van der Waals surface area contributed by atoms with Crippen LogP contribution in [0.25, 0.3) is 33.3 Å². The lowest BCUT2D eigenvalue weighted by atomic mass is 10.0. The molecule has 4 heterocycles. The van der Waals surface area contributed by atoms with E-state index < -0.39 is 5.60 Å². The second-order valence-electron chi connectivity index (χ2n) is 11.0. The van der Waals surface area contributed by atoms with E-state index in [9.17, 15) is 9.59 Å². The number of carbonyl (C=O) groups excluding carboxylic acids is 2. The third-order valence-electron chi connectivity index (χ3n) is 6.72. The minimum Gasteiger partial charge on any atom is -0.354 e. The van der Waals surface area contributed by atoms with Gasteiger partial charge in [0, 0.05) is 35.7 Å². The van der Waals surface area contributed by atoms with Crippen LogP contribution < -0.4 is 10.8 Å². The fraction of sp³-hybridized carbons (Fsp3) is 0.400. The Bertz CT molecular complexity index is 1460. The monoisotopic (exact) mass is 593 g/mol. The summed E-state index contributed by atoms with van der Waals surface area (Å²) in [6.07, 6.45) is 3.63. The number of hydrogen-bond donors (Lipinski definition) is 2. The zero-order valence-corrected chi connectivity index (χ0v) is 25.1. The van der Waals surface area contributed by atoms with Crippen molar-refractivity contribution < 1.29 is 18.9 Å². The summed E-state index contributed by atoms with van der Waals surface area (Å²) in [4.78, 5) is 38.9. The van der Waals surface area contributed by atoms with Crippen molar-refractivity contribution >= 4 is 34.5 Å². The van der Waals surface area contributed by atoms with Gasteiger partial charge in [0.05, 0.1) is 11.6 Å². The Hall–Kier alpha value is -3.38. The van der Waals surface area contributed by atoms with Gasteiger partial charge in [-0.2, -0.15) is 0 Å². The van der Waals surface area contributed by atoms with Crippen molar-refractivity contribution in [1.29, 1.82) is 0 Å². The van der Waals surface area contributed by atoms with Gasteiger partial charge in [0.1, 0.15) is 21.3 Å². The number of carbonyl (C=O) groups is 2. The van der Waals surface area contributed by atoms with Gasteiger partial charge in [-0.3, -0.25) is 19.3 Å². The molecule has 3 aromatic heterocycles. The minimum absolute atomic E-state index is 0.101. The first kappa shape index (κ1) is 29.1. The number of amides is 2. The number of rotatable bonds is 10. The van der Waals surface area contributed by atoms with E-state index in [0.29, 0.717) is 22.9 Å². The highest BCUT2D eigenvalue weighted by Gasteiger charge is 2.29. The van der Waals surface area contributed by atoms with Gasteiger partial charge in [0.15, 0.2) is 5.76 Å². The second kappa shape index (κ2) is 13.1. The molecule has 1 aliphatic rings. The van der Waals surface area contributed by atoms with Gasteiger partial charge in [0.2, 0.25) is 0 Å². The molecule has 9 nitrogen and oxygen atoms in total. The molecule has 2 amide bonds. The molecule has 1 aromatic carbocycles. The molecule has 5 rings (SSSR count). The molecule has 1 fully saturated rings. The highest BCUT2D eigenvalue weighted by molar-refractivity contribution is 7.15. The van der Waals surface area contributed by atoms with Crippen LogP contribution in [0.15, 0.2) is 57.7 Å². The Morgan fingerprint density at radius 3 is 2.76 bits per heavy atom. The van der Waals surface area contributed by atoms with Crippen molar-refractivity contribution in [1.82, 2.24) is 25.8 Å². The van der Waals surface area contributed by atoms with Gasteiger partial charge in [-0.25, -0.2) is 10.5 Å². The molecule has 1 saturated heterocycles. The van der Waals surface area contributed by atoms with E-state index in [0.717, 1.165) is 60.6 Å². The van der Waals surface area contributed by atoms with Gasteiger partial charge in [-0.15, -0.1) is 22.7 Å². The molecular weight excluding hydrogens is 558 g/mol. The number of hydroxylamine groups is 1. The molecule has 41 heavy (non-hydrogen) atoms. The summed E-state index contributed by atoms with van der Waals surface area (Å²) in [6, 6.07) is 13.4. The summed E-state index contributed by atoms with van der Waals surface area (Å²) in [5, 5.41) is 11.8. The van der Waals surface area contributed by atoms with Gasteiger partial charge in [-0.05, 0) is 58.0 Å². The van der Waals surface area contributed by atoms with Crippen LogP contribution in [0.2, 0.25) is 0 Å². The normalized spacial score (nSPS) is 16.0. The number of likely N-dealkylation sites (tertiary alicyclic amines) is 1. The topological polar surface area (TPSA) is 110 Å². The molecule has 0 radical (unpaired) electrons. The summed E-state index contributed by atoms with van der Waals surface area (Å²) in [6.45, 7) is 7.81. The Balaban J connectivity index is 1.15. The molecule has 4 aromatic rings. The van der Waals surface area contributed by atoms with E-state index in [-0.39, 0.29) is 17.9 Å². The maximum atomic E-state index is 13.1. The average Bonchev–Trinajstić information content (AvgIpc) is 3.75. The number of nitrogens with zero attached hydrogens (tertiary/aromatic N) is 3. The second-order valence-corrected chi connectivity index (χ2v) is 12.8. The van der Waals surface area contributed by atoms with E-state index in [1.165, 1.54) is 22.7 Å². The Kier molecular flexibility index (Phi) is 9.29. The average molecular weight is 594 g/mol. The summed E-state index contributed by atoms with van der Waals surface area (Å²) in [7, 11) is 0. The molecule has 1 atom stereocenters. The van der Waals surface area contributed by atoms with Crippen LogP contribution in [0.1, 0.15) is 56.1 Å². The van der Waals surface area contributed by atoms with Gasteiger partial charge < -0.3 is 9.84 Å². The van der Waals surface area contributed by atoms with Crippen molar-refractivity contribution in [3.63, 3.8) is 0 Å². The molecule has 0 bridgehead atoms. The Morgan fingerprint density at radius 2 is 1.95 bits per heavy atom. The van der Waals surface area contributed by atoms with E-state index in [4.69, 9.17) is 14.3 Å². The van der Waals surface area contributed by atoms with Crippen LogP contribution in [-0.4, -0.2) is 58.1 Å². The number of hydrogen-bond acceptors (Lipinski definition) is 9. The number of benzene rings is 1. The number of nitrogens with one attached hydrogen (secondary N) is 2. The standard InChI is InChI=1S/C30H35N5O4S2/c1-30(2,3)39-34-27(36)24-12-7-8-15-35(24)16-9-14-31-28(37)26-21(13-17-40-26)29-32-23(19-41-29)25-18-22(33-38-25)20-10-5-4-6-11-20/h4-6,10-11,13,17-19,24H,7-9,12,14-16H2,1-3H3,(H,31,37)(H,34,36). The zero-order chi connectivity index (χ0) is 28.8. The molecule has 0 aliphatic carbocycles. The summed E-state index contributed by atoms with van der Waals surface area (Å²) in [5.74, 6) is 0.364. The maximum absolute atomic E-state index is 13.1. The molecule has 11 heteroatoms. The van der Waals surface area contributed by atoms with Crippen molar-refractivity contribution in [3.8, 4) is 33.3 Å². The van der Waals surface area contributed by atoms with Crippen LogP contribution in [0, 0.1) is 0 Å². The van der Waals surface area contributed by atoms with Gasteiger partial charge >= 0.3 is 0 Å². The van der Waals surface area contributed by atoms with Crippen LogP contribution in [0.5, 0.6) is 0 Å². The first-order chi connectivity index (χ1) is 19.8. The predicted molar refractivity (Wildman–Crippen MR) is 162 cm³/mol. The van der Waals surface area contributed by atoms with Crippen molar-refractivity contribution in [2.45, 2.75) is 58.1 Å². The number of thiazole rings is 1. The SMILES string of the molecule is CC(C)(C)ONC(=O)C1CCCCN1CCCNC(=O)c1sccc1-c1nc(-c2cc(-c3ccccc3)no2)cs1. The Morgan fingerprint density at radius 1 is 1.12 bits per heavy atom. The van der Waals surface area contributed by atoms with Gasteiger partial charge in [0.25, 0.3) is 11.8 Å². The lowest BCUT2D eigenvalue weighted by Crippen LogP contribution is -2.51. The van der Waals surface area contributed by atoms with Crippen LogP contribution in [0.3, 0.4) is 0 Å². The zero-order valence-electron chi connectivity index (χ0n) is 23.5. The van der Waals surface area contributed by atoms with Crippen LogP contribution in [0.4, 0.5) is 0 Å². The maximum Gasteiger partial charge on any atom is 0.262 e. The van der Waals surface area contributed by atoms with Gasteiger partial charge in [-0.1, -0.05) is 41.9 Å². The van der Waals surface area contributed by atoms with Crippen molar-refractivity contribution in [2.75, 3.05) is 19.6 Å². The molecule has 0 spiro atoms. The minimum atomic E-state index is -0.442. The largest absolute Gasteiger partial charge is 0.354 e. The number of thiophene rings is 1. The van der Waals surface area contributed by atoms with E-state index in [1.54, 1.807) is 0 Å². The highest BCUT2D eigenvalue weighted by atomic mass is 32.1. The quantitative estimate of drug-likeness (QED) is 0.171. The highest BCUT2D eigenvalue weighted by Crippen LogP contribution is 2.34. The first-order valence-corrected chi connectivity index (χ1v) is 15.6. The summed E-state index contributed by atoms with van der Waals surface area (Å²) in [5.41, 5.74) is 5.40. The number of aromatic nitrogens is 2. The Labute approximate surface area is 247 Å². The fourth-order valence-corrected chi connectivity index (χ4v) is 6.41. The molecular formula is C30H35N5O4S2. The predicted octanol–water partition coefficient (Wildman–Crippen LogP) is 6.01. The molecule has 1 aliphatic heterocycles. The molecule has 1 unspecified atom stereocenters. The van der Waals surface area contributed by atoms with Crippen LogP contribution in [-0.2, 0) is 9.63 Å². The lowest BCUT2D eigenvalue weighted by molar-refractivity contribution is -0.152. The fourth-order valence-electron chi connectivity index (χ4n) is 4.70. The van der Waals surface area contributed by atoms with E-state index >= 15 is 0 Å². The van der Waals surface area contributed by atoms with Crippen molar-refractivity contribution in [3.05, 3.63) is 58.1 Å². The summed E-state index contributed by atoms with van der Waals surface area (Å²) >= 11 is 2.87. The third-order valence-corrected chi connectivity index (χ3v) is 8.51. The van der Waals surface area contributed by atoms with Crippen molar-refractivity contribution in [2.24, 2.45) is 0 Å². The van der Waals surface area contributed by atoms with Crippen LogP contribution >= 0.6 is 22.7 Å². The first-order valence-electron chi connectivity index (χ1n) is 13.8. The third kappa shape index (κ3) is 7.48. The molecule has 216 valence electrons. The molecule has 0 saturated carbocycles. The molecule has 2 N–H and O–H groups in total. The van der Waals surface area contributed by atoms with E-state index in [1.807, 2.05) is 74.0 Å².